The van der Waals surface area contributed by atoms with Crippen LogP contribution >= 0.6 is 23.2 Å². The minimum absolute atomic E-state index is 0.459. The summed E-state index contributed by atoms with van der Waals surface area (Å²) in [7, 11) is 0. The largest absolute Gasteiger partial charge is 0.390 e. The van der Waals surface area contributed by atoms with Gasteiger partial charge in [-0.1, -0.05) is 23.2 Å². The smallest absolute Gasteiger partial charge is 0.301 e. The van der Waals surface area contributed by atoms with E-state index in [-0.39, 0.29) is 0 Å². The van der Waals surface area contributed by atoms with Crippen LogP contribution in [0.3, 0.4) is 0 Å². The van der Waals surface area contributed by atoms with Gasteiger partial charge in [-0.05, 0) is 0 Å². The maximum absolute atomic E-state index is 12.9. The third-order valence-corrected chi connectivity index (χ3v) is 1.89. The Bertz CT molecular complexity index is 301. The highest BCUT2D eigenvalue weighted by Gasteiger charge is 2.36. The third-order valence-electron chi connectivity index (χ3n) is 1.32. The third kappa shape index (κ3) is 2.04. The Balaban J connectivity index is 3.28. The van der Waals surface area contributed by atoms with Crippen LogP contribution in [0.2, 0.25) is 10.3 Å². The fraction of sp³-hybridized carbons (Fsp3) is 0.333. The lowest BCUT2D eigenvalue weighted by Crippen LogP contribution is -2.20. The minimum Gasteiger partial charge on any atom is -0.390 e. The van der Waals surface area contributed by atoms with E-state index in [0.717, 1.165) is 6.33 Å². The highest BCUT2D eigenvalue weighted by molar-refractivity contribution is 6.34. The van der Waals surface area contributed by atoms with E-state index in [0.29, 0.717) is 0 Å². The van der Waals surface area contributed by atoms with Crippen LogP contribution < -0.4 is 0 Å². The SMILES string of the molecule is OCC(F)(F)c1c(Cl)ncnc1Cl. The van der Waals surface area contributed by atoms with Crippen molar-refractivity contribution in [3.8, 4) is 0 Å². The standard InChI is InChI=1S/C6H4Cl2F2N2O/c7-4-3(6(9,10)1-13)5(8)12-2-11-4/h2,13H,1H2. The first-order valence-corrected chi connectivity index (χ1v) is 3.90. The van der Waals surface area contributed by atoms with E-state index >= 15 is 0 Å². The number of hydrogen-bond donors (Lipinski definition) is 1. The van der Waals surface area contributed by atoms with Gasteiger partial charge >= 0.3 is 5.92 Å². The molecule has 0 radical (unpaired) electrons. The first-order valence-electron chi connectivity index (χ1n) is 3.14. The molecule has 0 atom stereocenters. The Labute approximate surface area is 82.3 Å². The van der Waals surface area contributed by atoms with Crippen molar-refractivity contribution in [3.05, 3.63) is 22.2 Å². The zero-order valence-electron chi connectivity index (χ0n) is 6.14. The number of aliphatic hydroxyl groups excluding tert-OH is 1. The predicted octanol–water partition coefficient (Wildman–Crippen LogP) is 1.87. The quantitative estimate of drug-likeness (QED) is 0.787. The van der Waals surface area contributed by atoms with E-state index in [1.54, 1.807) is 0 Å². The molecule has 72 valence electrons. The molecule has 0 aliphatic carbocycles. The second-order valence-corrected chi connectivity index (χ2v) is 2.91. The predicted molar refractivity (Wildman–Crippen MR) is 43.0 cm³/mol. The summed E-state index contributed by atoms with van der Waals surface area (Å²) in [5.74, 6) is -3.52. The summed E-state index contributed by atoms with van der Waals surface area (Å²) in [5.41, 5.74) is -0.749. The first-order chi connectivity index (χ1) is 5.99. The van der Waals surface area contributed by atoms with E-state index in [4.69, 9.17) is 28.3 Å². The molecular formula is C6H4Cl2F2N2O. The Kier molecular flexibility index (Phi) is 3.00. The molecule has 13 heavy (non-hydrogen) atoms. The van der Waals surface area contributed by atoms with Crippen LogP contribution in [0.4, 0.5) is 8.78 Å². The van der Waals surface area contributed by atoms with E-state index in [1.165, 1.54) is 0 Å². The van der Waals surface area contributed by atoms with Crippen LogP contribution in [0.15, 0.2) is 6.33 Å². The van der Waals surface area contributed by atoms with Gasteiger partial charge in [0, 0.05) is 0 Å². The molecule has 0 amide bonds. The van der Waals surface area contributed by atoms with Gasteiger partial charge < -0.3 is 5.11 Å². The van der Waals surface area contributed by atoms with Gasteiger partial charge in [0.1, 0.15) is 23.2 Å². The Morgan fingerprint density at radius 2 is 1.77 bits per heavy atom. The molecule has 0 saturated carbocycles. The molecule has 0 unspecified atom stereocenters. The maximum Gasteiger partial charge on any atom is 0.301 e. The van der Waals surface area contributed by atoms with Crippen LogP contribution in [0.5, 0.6) is 0 Å². The van der Waals surface area contributed by atoms with Crippen LogP contribution in [-0.4, -0.2) is 21.7 Å². The van der Waals surface area contributed by atoms with Crippen LogP contribution in [0.1, 0.15) is 5.56 Å². The van der Waals surface area contributed by atoms with E-state index in [1.807, 2.05) is 0 Å². The summed E-state index contributed by atoms with van der Waals surface area (Å²) < 4.78 is 25.8. The Morgan fingerprint density at radius 3 is 2.15 bits per heavy atom. The molecule has 0 aliphatic heterocycles. The van der Waals surface area contributed by atoms with Gasteiger partial charge in [-0.3, -0.25) is 0 Å². The monoisotopic (exact) mass is 228 g/mol. The average molecular weight is 229 g/mol. The van der Waals surface area contributed by atoms with Crippen LogP contribution in [0.25, 0.3) is 0 Å². The highest BCUT2D eigenvalue weighted by atomic mass is 35.5. The summed E-state index contributed by atoms with van der Waals surface area (Å²) in [5, 5.41) is 7.46. The van der Waals surface area contributed by atoms with Crippen molar-refractivity contribution >= 4 is 23.2 Å². The number of rotatable bonds is 2. The molecule has 0 aliphatic rings. The van der Waals surface area contributed by atoms with Gasteiger partial charge in [-0.15, -0.1) is 0 Å². The second kappa shape index (κ2) is 3.69. The molecule has 0 bridgehead atoms. The topological polar surface area (TPSA) is 46.0 Å². The number of hydrogen-bond acceptors (Lipinski definition) is 3. The van der Waals surface area contributed by atoms with Gasteiger partial charge in [0.05, 0.1) is 5.56 Å². The first kappa shape index (κ1) is 10.6. The summed E-state index contributed by atoms with van der Waals surface area (Å²) in [6.07, 6.45) is 0.960. The molecule has 7 heteroatoms. The fourth-order valence-corrected chi connectivity index (χ4v) is 1.32. The second-order valence-electron chi connectivity index (χ2n) is 2.19. The summed E-state index contributed by atoms with van der Waals surface area (Å²) in [4.78, 5) is 6.67. The molecule has 0 aromatic carbocycles. The molecule has 1 aromatic heterocycles. The van der Waals surface area contributed by atoms with Gasteiger partial charge in [-0.25, -0.2) is 9.97 Å². The number of halogens is 4. The molecule has 1 heterocycles. The molecule has 1 N–H and O–H groups in total. The zero-order valence-corrected chi connectivity index (χ0v) is 7.65. The lowest BCUT2D eigenvalue weighted by molar-refractivity contribution is -0.0559. The maximum atomic E-state index is 12.9. The molecule has 0 fully saturated rings. The normalized spacial score (nSPS) is 11.8. The number of aliphatic hydroxyl groups is 1. The Morgan fingerprint density at radius 1 is 1.31 bits per heavy atom. The van der Waals surface area contributed by atoms with E-state index in [2.05, 4.69) is 9.97 Å². The van der Waals surface area contributed by atoms with Crippen molar-refractivity contribution in [2.45, 2.75) is 5.92 Å². The molecule has 0 saturated heterocycles. The molecule has 0 spiro atoms. The van der Waals surface area contributed by atoms with E-state index < -0.39 is 28.4 Å². The van der Waals surface area contributed by atoms with Crippen molar-refractivity contribution in [3.63, 3.8) is 0 Å². The number of nitrogens with zero attached hydrogens (tertiary/aromatic N) is 2. The van der Waals surface area contributed by atoms with Crippen LogP contribution in [-0.2, 0) is 5.92 Å². The average Bonchev–Trinajstić information content (AvgIpc) is 2.03. The lowest BCUT2D eigenvalue weighted by atomic mass is 10.2. The van der Waals surface area contributed by atoms with Gasteiger partial charge in [0.15, 0.2) is 0 Å². The van der Waals surface area contributed by atoms with Gasteiger partial charge in [0.2, 0.25) is 0 Å². The van der Waals surface area contributed by atoms with Crippen molar-refractivity contribution in [1.82, 2.24) is 9.97 Å². The molecule has 1 rings (SSSR count). The Hall–Kier alpha value is -0.520. The summed E-state index contributed by atoms with van der Waals surface area (Å²) in [6.45, 7) is -1.39. The van der Waals surface area contributed by atoms with E-state index in [9.17, 15) is 8.78 Å². The molecule has 1 aromatic rings. The highest BCUT2D eigenvalue weighted by Crippen LogP contribution is 2.35. The fourth-order valence-electron chi connectivity index (χ4n) is 0.725. The molecule has 3 nitrogen and oxygen atoms in total. The lowest BCUT2D eigenvalue weighted by Gasteiger charge is -2.14. The summed E-state index contributed by atoms with van der Waals surface area (Å²) >= 11 is 10.7. The summed E-state index contributed by atoms with van der Waals surface area (Å²) in [6, 6.07) is 0. The van der Waals surface area contributed by atoms with Crippen molar-refractivity contribution in [1.29, 1.82) is 0 Å². The molecular weight excluding hydrogens is 225 g/mol. The van der Waals surface area contributed by atoms with Crippen molar-refractivity contribution in [2.75, 3.05) is 6.61 Å². The van der Waals surface area contributed by atoms with Crippen molar-refractivity contribution < 1.29 is 13.9 Å². The van der Waals surface area contributed by atoms with Gasteiger partial charge in [-0.2, -0.15) is 8.78 Å². The van der Waals surface area contributed by atoms with Crippen molar-refractivity contribution in [2.24, 2.45) is 0 Å². The van der Waals surface area contributed by atoms with Gasteiger partial charge in [0.25, 0.3) is 0 Å². The van der Waals surface area contributed by atoms with Crippen LogP contribution in [0, 0.1) is 0 Å². The zero-order chi connectivity index (χ0) is 10.1. The minimum atomic E-state index is -3.52. The number of alkyl halides is 2. The number of aromatic nitrogens is 2.